The summed E-state index contributed by atoms with van der Waals surface area (Å²) in [5.41, 5.74) is 1.30. The molecule has 2 aliphatic rings. The predicted octanol–water partition coefficient (Wildman–Crippen LogP) is 3.17. The van der Waals surface area contributed by atoms with Crippen molar-refractivity contribution in [1.29, 1.82) is 0 Å². The van der Waals surface area contributed by atoms with Crippen molar-refractivity contribution in [2.75, 3.05) is 13.1 Å². The number of alkyl halides is 2. The molecule has 2 saturated heterocycles. The summed E-state index contributed by atoms with van der Waals surface area (Å²) in [6.45, 7) is 10.0. The van der Waals surface area contributed by atoms with Gasteiger partial charge in [0.2, 0.25) is 0 Å². The van der Waals surface area contributed by atoms with Crippen molar-refractivity contribution in [3.63, 3.8) is 0 Å². The Bertz CT molecular complexity index is 695. The Balaban J connectivity index is 1.82. The summed E-state index contributed by atoms with van der Waals surface area (Å²) in [6.07, 6.45) is -0.566. The summed E-state index contributed by atoms with van der Waals surface area (Å²) in [4.78, 5) is 14.2. The number of piperidine rings is 1. The van der Waals surface area contributed by atoms with Gasteiger partial charge < -0.3 is 14.2 Å². The van der Waals surface area contributed by atoms with Crippen LogP contribution in [0, 0.1) is 6.92 Å². The van der Waals surface area contributed by atoms with Crippen molar-refractivity contribution >= 4 is 18.5 Å². The lowest BCUT2D eigenvalue weighted by Gasteiger charge is -2.32. The normalized spacial score (nSPS) is 24.0. The molecular formula is C19H26BF2NO3. The number of aryl methyl sites for hydroxylation is 1. The number of nitrogens with zero attached hydrogens (tertiary/aromatic N) is 1. The van der Waals surface area contributed by atoms with Gasteiger partial charge in [-0.05, 0) is 52.2 Å². The lowest BCUT2D eigenvalue weighted by atomic mass is 9.75. The molecule has 0 radical (unpaired) electrons. The van der Waals surface area contributed by atoms with Crippen LogP contribution in [0.5, 0.6) is 0 Å². The van der Waals surface area contributed by atoms with Crippen molar-refractivity contribution < 1.29 is 22.9 Å². The minimum absolute atomic E-state index is 0.0749. The third-order valence-corrected chi connectivity index (χ3v) is 5.82. The molecule has 142 valence electrons. The van der Waals surface area contributed by atoms with Gasteiger partial charge in [-0.3, -0.25) is 4.79 Å². The maximum atomic E-state index is 13.3. The summed E-state index contributed by atoms with van der Waals surface area (Å²) >= 11 is 0. The number of halogens is 2. The SMILES string of the molecule is Cc1ccc(C(=O)N2CCC(F)(F)CC2)cc1B1OC(C)(C)C(C)(C)O1. The van der Waals surface area contributed by atoms with Crippen molar-refractivity contribution in [3.05, 3.63) is 29.3 Å². The molecule has 0 aliphatic carbocycles. The molecule has 4 nitrogen and oxygen atoms in total. The third-order valence-electron chi connectivity index (χ3n) is 5.82. The van der Waals surface area contributed by atoms with Crippen LogP contribution >= 0.6 is 0 Å². The van der Waals surface area contributed by atoms with Crippen LogP contribution in [0.4, 0.5) is 8.78 Å². The number of hydrogen-bond donors (Lipinski definition) is 0. The number of hydrogen-bond acceptors (Lipinski definition) is 3. The van der Waals surface area contributed by atoms with E-state index in [0.29, 0.717) is 5.56 Å². The Morgan fingerprint density at radius 1 is 1.08 bits per heavy atom. The van der Waals surface area contributed by atoms with Gasteiger partial charge in [0, 0.05) is 31.5 Å². The number of benzene rings is 1. The van der Waals surface area contributed by atoms with Crippen LogP contribution in [-0.4, -0.2) is 48.1 Å². The van der Waals surface area contributed by atoms with Gasteiger partial charge in [-0.15, -0.1) is 0 Å². The molecule has 1 aromatic rings. The minimum atomic E-state index is -2.67. The Morgan fingerprint density at radius 2 is 1.62 bits per heavy atom. The first-order chi connectivity index (χ1) is 11.9. The van der Waals surface area contributed by atoms with Gasteiger partial charge in [0.1, 0.15) is 0 Å². The first-order valence-electron chi connectivity index (χ1n) is 9.05. The van der Waals surface area contributed by atoms with E-state index < -0.39 is 24.2 Å². The molecule has 1 amide bonds. The zero-order valence-electron chi connectivity index (χ0n) is 16.1. The molecule has 0 saturated carbocycles. The highest BCUT2D eigenvalue weighted by Crippen LogP contribution is 2.36. The van der Waals surface area contributed by atoms with E-state index in [0.717, 1.165) is 11.0 Å². The maximum Gasteiger partial charge on any atom is 0.495 e. The first-order valence-corrected chi connectivity index (χ1v) is 9.05. The number of amides is 1. The van der Waals surface area contributed by atoms with E-state index in [9.17, 15) is 13.6 Å². The van der Waals surface area contributed by atoms with Gasteiger partial charge in [0.15, 0.2) is 0 Å². The van der Waals surface area contributed by atoms with Crippen LogP contribution in [0.3, 0.4) is 0 Å². The maximum absolute atomic E-state index is 13.3. The van der Waals surface area contributed by atoms with Crippen LogP contribution in [-0.2, 0) is 9.31 Å². The van der Waals surface area contributed by atoms with E-state index >= 15 is 0 Å². The molecule has 0 unspecified atom stereocenters. The Hall–Kier alpha value is -1.47. The Morgan fingerprint density at radius 3 is 2.15 bits per heavy atom. The van der Waals surface area contributed by atoms with E-state index in [1.54, 1.807) is 12.1 Å². The van der Waals surface area contributed by atoms with Gasteiger partial charge in [0.05, 0.1) is 11.2 Å². The van der Waals surface area contributed by atoms with E-state index in [1.807, 2.05) is 40.7 Å². The third kappa shape index (κ3) is 3.51. The molecule has 7 heteroatoms. The van der Waals surface area contributed by atoms with Crippen LogP contribution < -0.4 is 5.46 Å². The molecule has 3 rings (SSSR count). The zero-order valence-corrected chi connectivity index (χ0v) is 16.1. The molecule has 0 N–H and O–H groups in total. The van der Waals surface area contributed by atoms with Gasteiger partial charge >= 0.3 is 7.12 Å². The number of likely N-dealkylation sites (tertiary alicyclic amines) is 1. The largest absolute Gasteiger partial charge is 0.495 e. The summed E-state index contributed by atoms with van der Waals surface area (Å²) in [6, 6.07) is 5.36. The Labute approximate surface area is 154 Å². The number of carbonyl (C=O) groups is 1. The van der Waals surface area contributed by atoms with Gasteiger partial charge in [0.25, 0.3) is 11.8 Å². The minimum Gasteiger partial charge on any atom is -0.399 e. The molecule has 0 bridgehead atoms. The molecule has 26 heavy (non-hydrogen) atoms. The van der Waals surface area contributed by atoms with E-state index in [1.165, 1.54) is 4.90 Å². The molecule has 2 aliphatic heterocycles. The summed E-state index contributed by atoms with van der Waals surface area (Å²) in [5, 5.41) is 0. The van der Waals surface area contributed by atoms with Gasteiger partial charge in [-0.25, -0.2) is 8.78 Å². The summed E-state index contributed by atoms with van der Waals surface area (Å²) in [5.74, 6) is -2.89. The lowest BCUT2D eigenvalue weighted by molar-refractivity contribution is -0.0494. The van der Waals surface area contributed by atoms with E-state index in [-0.39, 0.29) is 31.8 Å². The molecular weight excluding hydrogens is 339 g/mol. The molecule has 0 spiro atoms. The second-order valence-corrected chi connectivity index (χ2v) is 8.31. The van der Waals surface area contributed by atoms with Crippen LogP contribution in [0.25, 0.3) is 0 Å². The van der Waals surface area contributed by atoms with Crippen LogP contribution in [0.1, 0.15) is 56.5 Å². The van der Waals surface area contributed by atoms with Gasteiger partial charge in [-0.2, -0.15) is 0 Å². The van der Waals surface area contributed by atoms with Crippen LogP contribution in [0.2, 0.25) is 0 Å². The molecule has 0 aromatic heterocycles. The second-order valence-electron chi connectivity index (χ2n) is 8.31. The zero-order chi connectivity index (χ0) is 19.3. The highest BCUT2D eigenvalue weighted by atomic mass is 19.3. The topological polar surface area (TPSA) is 38.8 Å². The van der Waals surface area contributed by atoms with Gasteiger partial charge in [-0.1, -0.05) is 11.6 Å². The number of carbonyl (C=O) groups excluding carboxylic acids is 1. The number of rotatable bonds is 2. The standard InChI is InChI=1S/C19H26BF2NO3/c1-13-6-7-14(16(24)23-10-8-19(21,22)9-11-23)12-15(13)20-25-17(2,3)18(4,5)26-20/h6-7,12H,8-11H2,1-5H3. The fourth-order valence-corrected chi connectivity index (χ4v) is 3.22. The van der Waals surface area contributed by atoms with Crippen molar-refractivity contribution in [1.82, 2.24) is 4.90 Å². The summed E-state index contributed by atoms with van der Waals surface area (Å²) in [7, 11) is -0.557. The monoisotopic (exact) mass is 365 g/mol. The van der Waals surface area contributed by atoms with Crippen molar-refractivity contribution in [2.24, 2.45) is 0 Å². The molecule has 2 fully saturated rings. The highest BCUT2D eigenvalue weighted by Gasteiger charge is 2.52. The van der Waals surface area contributed by atoms with E-state index in [4.69, 9.17) is 9.31 Å². The fourth-order valence-electron chi connectivity index (χ4n) is 3.22. The first kappa shape index (κ1) is 19.3. The highest BCUT2D eigenvalue weighted by molar-refractivity contribution is 6.62. The van der Waals surface area contributed by atoms with E-state index in [2.05, 4.69) is 0 Å². The average molecular weight is 365 g/mol. The average Bonchev–Trinajstić information content (AvgIpc) is 2.75. The predicted molar refractivity (Wildman–Crippen MR) is 97.0 cm³/mol. The second kappa shape index (κ2) is 6.31. The smallest absolute Gasteiger partial charge is 0.399 e. The van der Waals surface area contributed by atoms with Crippen LogP contribution in [0.15, 0.2) is 18.2 Å². The Kier molecular flexibility index (Phi) is 4.68. The van der Waals surface area contributed by atoms with Crippen molar-refractivity contribution in [2.45, 2.75) is 64.6 Å². The lowest BCUT2D eigenvalue weighted by Crippen LogP contribution is -2.43. The fraction of sp³-hybridized carbons (Fsp3) is 0.632. The summed E-state index contributed by atoms with van der Waals surface area (Å²) < 4.78 is 38.9. The molecule has 2 heterocycles. The quantitative estimate of drug-likeness (QED) is 0.756. The molecule has 1 aromatic carbocycles. The van der Waals surface area contributed by atoms with Crippen molar-refractivity contribution in [3.8, 4) is 0 Å². The molecule has 0 atom stereocenters.